The van der Waals surface area contributed by atoms with E-state index in [-0.39, 0.29) is 24.0 Å². The average molecular weight is 548 g/mol. The number of nitrogens with zero attached hydrogens (tertiary/aromatic N) is 3. The number of aliphatic imine (C=N–C) groups is 1. The highest BCUT2D eigenvalue weighted by atomic mass is 127. The van der Waals surface area contributed by atoms with E-state index in [4.69, 9.17) is 14.5 Å². The third kappa shape index (κ3) is 11.5. The minimum absolute atomic E-state index is 0. The number of ether oxygens (including phenoxy) is 2. The number of likely N-dealkylation sites (N-methyl/N-ethyl adjacent to an activating group) is 1. The van der Waals surface area contributed by atoms with Gasteiger partial charge in [0.1, 0.15) is 0 Å². The highest BCUT2D eigenvalue weighted by molar-refractivity contribution is 14.0. The van der Waals surface area contributed by atoms with Crippen molar-refractivity contribution in [3.05, 3.63) is 35.4 Å². The molecule has 0 saturated carbocycles. The predicted molar refractivity (Wildman–Crippen MR) is 139 cm³/mol. The van der Waals surface area contributed by atoms with E-state index in [1.54, 1.807) is 7.11 Å². The van der Waals surface area contributed by atoms with Crippen LogP contribution in [0.15, 0.2) is 29.3 Å². The van der Waals surface area contributed by atoms with E-state index >= 15 is 0 Å². The van der Waals surface area contributed by atoms with Crippen molar-refractivity contribution in [3.63, 3.8) is 0 Å². The molecule has 0 atom stereocenters. The zero-order valence-electron chi connectivity index (χ0n) is 19.6. The van der Waals surface area contributed by atoms with Crippen LogP contribution in [-0.4, -0.2) is 88.5 Å². The van der Waals surface area contributed by atoms with Crippen LogP contribution in [0.25, 0.3) is 0 Å². The summed E-state index contributed by atoms with van der Waals surface area (Å²) in [6, 6.07) is 8.70. The first kappa shape index (κ1) is 28.1. The van der Waals surface area contributed by atoms with Crippen LogP contribution in [0.5, 0.6) is 0 Å². The lowest BCUT2D eigenvalue weighted by Crippen LogP contribution is -2.45. The molecule has 31 heavy (non-hydrogen) atoms. The molecule has 2 rings (SSSR count). The Labute approximate surface area is 206 Å². The number of guanidine groups is 1. The quantitative estimate of drug-likeness (QED) is 0.171. The van der Waals surface area contributed by atoms with Gasteiger partial charge >= 0.3 is 0 Å². The lowest BCUT2D eigenvalue weighted by Gasteiger charge is -2.34. The van der Waals surface area contributed by atoms with Crippen molar-refractivity contribution in [1.82, 2.24) is 20.4 Å². The van der Waals surface area contributed by atoms with E-state index < -0.39 is 0 Å². The second-order valence-corrected chi connectivity index (χ2v) is 7.56. The molecule has 0 unspecified atom stereocenters. The molecular weight excluding hydrogens is 505 g/mol. The molecule has 1 saturated heterocycles. The smallest absolute Gasteiger partial charge is 0.191 e. The lowest BCUT2D eigenvalue weighted by atomic mass is 10.1. The first-order valence-electron chi connectivity index (χ1n) is 11.4. The molecule has 0 aliphatic carbocycles. The predicted octanol–water partition coefficient (Wildman–Crippen LogP) is 2.55. The Morgan fingerprint density at radius 3 is 2.35 bits per heavy atom. The van der Waals surface area contributed by atoms with Gasteiger partial charge in [0.2, 0.25) is 0 Å². The summed E-state index contributed by atoms with van der Waals surface area (Å²) >= 11 is 0. The number of hydrogen-bond donors (Lipinski definition) is 2. The van der Waals surface area contributed by atoms with E-state index in [0.29, 0.717) is 19.8 Å². The fraction of sp³-hybridized carbons (Fsp3) is 0.696. The standard InChI is InChI=1S/C23H41N5O2.HI/c1-4-24-23(25-11-8-16-30-18-17-29-3)26-19-21-9-6-7-10-22(21)20-28-14-12-27(5-2)13-15-28;/h6-7,9-10H,4-5,8,11-20H2,1-3H3,(H2,24,25,26);1H. The first-order valence-corrected chi connectivity index (χ1v) is 11.4. The van der Waals surface area contributed by atoms with E-state index in [0.717, 1.165) is 58.3 Å². The van der Waals surface area contributed by atoms with E-state index in [9.17, 15) is 0 Å². The summed E-state index contributed by atoms with van der Waals surface area (Å²) in [5, 5.41) is 6.74. The Morgan fingerprint density at radius 1 is 0.968 bits per heavy atom. The number of halogens is 1. The van der Waals surface area contributed by atoms with Gasteiger partial charge in [-0.15, -0.1) is 24.0 Å². The summed E-state index contributed by atoms with van der Waals surface area (Å²) in [7, 11) is 1.69. The molecule has 0 aromatic heterocycles. The Morgan fingerprint density at radius 2 is 1.68 bits per heavy atom. The van der Waals surface area contributed by atoms with Crippen LogP contribution in [0, 0.1) is 0 Å². The Hall–Kier alpha value is -0.940. The minimum Gasteiger partial charge on any atom is -0.382 e. The van der Waals surface area contributed by atoms with Crippen molar-refractivity contribution >= 4 is 29.9 Å². The number of piperazine rings is 1. The summed E-state index contributed by atoms with van der Waals surface area (Å²) in [4.78, 5) is 9.89. The zero-order chi connectivity index (χ0) is 21.4. The molecule has 1 aromatic carbocycles. The molecule has 178 valence electrons. The van der Waals surface area contributed by atoms with Gasteiger partial charge < -0.3 is 25.0 Å². The molecule has 0 amide bonds. The maximum atomic E-state index is 5.51. The fourth-order valence-corrected chi connectivity index (χ4v) is 3.50. The fourth-order valence-electron chi connectivity index (χ4n) is 3.50. The normalized spacial score (nSPS) is 15.5. The molecular formula is C23H42IN5O2. The van der Waals surface area contributed by atoms with Gasteiger partial charge in [-0.05, 0) is 31.0 Å². The first-order chi connectivity index (χ1) is 14.8. The summed E-state index contributed by atoms with van der Waals surface area (Å²) < 4.78 is 10.5. The molecule has 0 radical (unpaired) electrons. The van der Waals surface area contributed by atoms with Crippen molar-refractivity contribution in [2.45, 2.75) is 33.4 Å². The Bertz CT molecular complexity index is 609. The molecule has 1 heterocycles. The van der Waals surface area contributed by atoms with Gasteiger partial charge in [0.15, 0.2) is 5.96 Å². The topological polar surface area (TPSA) is 61.4 Å². The minimum atomic E-state index is 0. The molecule has 2 N–H and O–H groups in total. The number of rotatable bonds is 13. The van der Waals surface area contributed by atoms with Crippen LogP contribution in [0.2, 0.25) is 0 Å². The maximum Gasteiger partial charge on any atom is 0.191 e. The summed E-state index contributed by atoms with van der Waals surface area (Å²) in [5.41, 5.74) is 2.68. The van der Waals surface area contributed by atoms with Crippen molar-refractivity contribution in [3.8, 4) is 0 Å². The largest absolute Gasteiger partial charge is 0.382 e. The second kappa shape index (κ2) is 17.6. The van der Waals surface area contributed by atoms with Crippen molar-refractivity contribution in [2.75, 3.05) is 72.7 Å². The van der Waals surface area contributed by atoms with Gasteiger partial charge in [-0.1, -0.05) is 31.2 Å². The molecule has 7 nitrogen and oxygen atoms in total. The zero-order valence-corrected chi connectivity index (χ0v) is 21.9. The highest BCUT2D eigenvalue weighted by Crippen LogP contribution is 2.14. The van der Waals surface area contributed by atoms with Crippen molar-refractivity contribution in [2.24, 2.45) is 4.99 Å². The monoisotopic (exact) mass is 547 g/mol. The maximum absolute atomic E-state index is 5.51. The molecule has 0 spiro atoms. The van der Waals surface area contributed by atoms with Crippen molar-refractivity contribution < 1.29 is 9.47 Å². The van der Waals surface area contributed by atoms with Crippen LogP contribution < -0.4 is 10.6 Å². The van der Waals surface area contributed by atoms with E-state index in [1.807, 2.05) is 0 Å². The number of hydrogen-bond acceptors (Lipinski definition) is 5. The molecule has 8 heteroatoms. The summed E-state index contributed by atoms with van der Waals surface area (Å²) in [5.74, 6) is 0.862. The second-order valence-electron chi connectivity index (χ2n) is 7.56. The van der Waals surface area contributed by atoms with Gasteiger partial charge in [0, 0.05) is 59.5 Å². The highest BCUT2D eigenvalue weighted by Gasteiger charge is 2.16. The van der Waals surface area contributed by atoms with Gasteiger partial charge in [-0.3, -0.25) is 4.90 Å². The SMILES string of the molecule is CCNC(=NCc1ccccc1CN1CCN(CC)CC1)NCCCOCCOC.I. The molecule has 1 fully saturated rings. The Kier molecular flexibility index (Phi) is 15.9. The number of benzene rings is 1. The summed E-state index contributed by atoms with van der Waals surface area (Å²) in [6.07, 6.45) is 0.939. The number of methoxy groups -OCH3 is 1. The van der Waals surface area contributed by atoms with Gasteiger partial charge in [-0.2, -0.15) is 0 Å². The molecule has 1 aliphatic heterocycles. The number of nitrogens with one attached hydrogen (secondary N) is 2. The van der Waals surface area contributed by atoms with E-state index in [2.05, 4.69) is 58.5 Å². The van der Waals surface area contributed by atoms with Gasteiger partial charge in [0.25, 0.3) is 0 Å². The molecule has 0 bridgehead atoms. The van der Waals surface area contributed by atoms with Crippen molar-refractivity contribution in [1.29, 1.82) is 0 Å². The van der Waals surface area contributed by atoms with Crippen LogP contribution in [0.4, 0.5) is 0 Å². The van der Waals surface area contributed by atoms with Gasteiger partial charge in [-0.25, -0.2) is 4.99 Å². The lowest BCUT2D eigenvalue weighted by molar-refractivity contribution is 0.0698. The third-order valence-corrected chi connectivity index (χ3v) is 5.37. The van der Waals surface area contributed by atoms with Crippen LogP contribution in [0.3, 0.4) is 0 Å². The van der Waals surface area contributed by atoms with Crippen LogP contribution in [-0.2, 0) is 22.6 Å². The average Bonchev–Trinajstić information content (AvgIpc) is 2.78. The Balaban J connectivity index is 0.00000480. The van der Waals surface area contributed by atoms with E-state index in [1.165, 1.54) is 24.2 Å². The summed E-state index contributed by atoms with van der Waals surface area (Å²) in [6.45, 7) is 15.5. The molecule has 1 aromatic rings. The van der Waals surface area contributed by atoms with Gasteiger partial charge in [0.05, 0.1) is 19.8 Å². The molecule has 1 aliphatic rings. The van der Waals surface area contributed by atoms with Crippen LogP contribution >= 0.6 is 24.0 Å². The third-order valence-electron chi connectivity index (χ3n) is 5.37. The van der Waals surface area contributed by atoms with Crippen LogP contribution in [0.1, 0.15) is 31.4 Å².